The van der Waals surface area contributed by atoms with Gasteiger partial charge in [0.25, 0.3) is 10.2 Å². The summed E-state index contributed by atoms with van der Waals surface area (Å²) in [6, 6.07) is 5.82. The standard InChI is InChI=1S/C24H32N8O3S2/c1-3-17-7-16(8-18(4-2)32(17)37(34,35)31-12-15(10-25)13-31)28-23-20-5-6-26-21(20)9-22(29-23)30-24-27-11-19(14-33)36-24/h5-6,9,11,15-18,26,33H,3-4,7-8,12-14H2,1-2H3,(H2,27,28,29,30)/t16-,17-,18+. The molecule has 198 valence electrons. The average molecular weight is 545 g/mol. The molecular formula is C24H32N8O3S2. The van der Waals surface area contributed by atoms with Gasteiger partial charge in [-0.25, -0.2) is 9.97 Å². The second-order valence-electron chi connectivity index (χ2n) is 9.63. The number of hydrogen-bond acceptors (Lipinski definition) is 9. The Morgan fingerprint density at radius 1 is 1.27 bits per heavy atom. The maximum Gasteiger partial charge on any atom is 0.282 e. The molecule has 2 aliphatic heterocycles. The van der Waals surface area contributed by atoms with Gasteiger partial charge >= 0.3 is 0 Å². The molecule has 3 aromatic heterocycles. The number of nitrogens with zero attached hydrogens (tertiary/aromatic N) is 5. The first-order valence-corrected chi connectivity index (χ1v) is 14.8. The fraction of sp³-hybridized carbons (Fsp3) is 0.542. The molecule has 5 rings (SSSR count). The Bertz CT molecular complexity index is 1380. The number of fused-ring (bicyclic) bond motifs is 1. The van der Waals surface area contributed by atoms with Crippen LogP contribution in [0.5, 0.6) is 0 Å². The quantitative estimate of drug-likeness (QED) is 0.320. The molecule has 37 heavy (non-hydrogen) atoms. The van der Waals surface area contributed by atoms with Crippen LogP contribution in [0.1, 0.15) is 44.4 Å². The zero-order valence-electron chi connectivity index (χ0n) is 20.9. The molecule has 0 spiro atoms. The highest BCUT2D eigenvalue weighted by molar-refractivity contribution is 7.86. The first kappa shape index (κ1) is 25.9. The summed E-state index contributed by atoms with van der Waals surface area (Å²) >= 11 is 1.37. The van der Waals surface area contributed by atoms with E-state index in [9.17, 15) is 13.5 Å². The number of aromatic amines is 1. The number of rotatable bonds is 9. The van der Waals surface area contributed by atoms with E-state index in [2.05, 4.69) is 26.7 Å². The van der Waals surface area contributed by atoms with Crippen molar-refractivity contribution in [2.75, 3.05) is 23.7 Å². The van der Waals surface area contributed by atoms with Gasteiger partial charge in [-0.2, -0.15) is 22.3 Å². The molecule has 13 heteroatoms. The lowest BCUT2D eigenvalue weighted by molar-refractivity contribution is 0.135. The van der Waals surface area contributed by atoms with Gasteiger partial charge in [-0.1, -0.05) is 25.2 Å². The molecular weight excluding hydrogens is 512 g/mol. The Hall–Kier alpha value is -2.76. The molecule has 0 aliphatic carbocycles. The van der Waals surface area contributed by atoms with Gasteiger partial charge in [0.05, 0.1) is 29.0 Å². The fourth-order valence-corrected chi connectivity index (χ4v) is 8.17. The smallest absolute Gasteiger partial charge is 0.282 e. The summed E-state index contributed by atoms with van der Waals surface area (Å²) < 4.78 is 30.1. The first-order valence-electron chi connectivity index (χ1n) is 12.6. The maximum atomic E-state index is 13.5. The Kier molecular flexibility index (Phi) is 7.37. The van der Waals surface area contributed by atoms with Gasteiger partial charge in [0.15, 0.2) is 5.13 Å². The summed E-state index contributed by atoms with van der Waals surface area (Å²) in [5, 5.41) is 26.9. The summed E-state index contributed by atoms with van der Waals surface area (Å²) in [5.41, 5.74) is 0.919. The summed E-state index contributed by atoms with van der Waals surface area (Å²) in [4.78, 5) is 13.1. The van der Waals surface area contributed by atoms with E-state index in [1.54, 1.807) is 10.5 Å². The number of thiazole rings is 1. The largest absolute Gasteiger partial charge is 0.391 e. The molecule has 11 nitrogen and oxygen atoms in total. The van der Waals surface area contributed by atoms with Crippen molar-refractivity contribution in [1.82, 2.24) is 23.6 Å². The minimum absolute atomic E-state index is 0.0475. The molecule has 2 aliphatic rings. The first-order chi connectivity index (χ1) is 17.9. The van der Waals surface area contributed by atoms with E-state index in [1.165, 1.54) is 15.6 Å². The van der Waals surface area contributed by atoms with Crippen molar-refractivity contribution in [1.29, 1.82) is 5.26 Å². The van der Waals surface area contributed by atoms with E-state index >= 15 is 0 Å². The van der Waals surface area contributed by atoms with Crippen molar-refractivity contribution in [2.24, 2.45) is 5.92 Å². The van der Waals surface area contributed by atoms with Crippen LogP contribution in [-0.4, -0.2) is 68.3 Å². The average Bonchev–Trinajstić information content (AvgIpc) is 3.52. The van der Waals surface area contributed by atoms with Crippen molar-refractivity contribution < 1.29 is 13.5 Å². The number of H-pyrrole nitrogens is 1. The summed E-state index contributed by atoms with van der Waals surface area (Å²) in [6.07, 6.45) is 6.25. The Morgan fingerprint density at radius 3 is 2.62 bits per heavy atom. The lowest BCUT2D eigenvalue weighted by Gasteiger charge is -2.48. The van der Waals surface area contributed by atoms with E-state index < -0.39 is 10.2 Å². The molecule has 3 aromatic rings. The van der Waals surface area contributed by atoms with Gasteiger partial charge in [0.2, 0.25) is 0 Å². The number of piperidine rings is 1. The van der Waals surface area contributed by atoms with E-state index in [0.717, 1.165) is 21.6 Å². The fourth-order valence-electron chi connectivity index (χ4n) is 5.26. The maximum absolute atomic E-state index is 13.5. The third-order valence-electron chi connectivity index (χ3n) is 7.23. The molecule has 2 saturated heterocycles. The Morgan fingerprint density at radius 2 is 2.00 bits per heavy atom. The van der Waals surface area contributed by atoms with Crippen LogP contribution >= 0.6 is 11.3 Å². The topological polar surface area (TPSA) is 150 Å². The van der Waals surface area contributed by atoms with E-state index in [1.807, 2.05) is 32.2 Å². The van der Waals surface area contributed by atoms with Crippen LogP contribution in [0.15, 0.2) is 24.5 Å². The van der Waals surface area contributed by atoms with Gasteiger partial charge in [0, 0.05) is 55.1 Å². The zero-order valence-corrected chi connectivity index (χ0v) is 22.5. The predicted molar refractivity (Wildman–Crippen MR) is 144 cm³/mol. The van der Waals surface area contributed by atoms with E-state index in [-0.39, 0.29) is 43.7 Å². The lowest BCUT2D eigenvalue weighted by atomic mass is 9.91. The van der Waals surface area contributed by atoms with Crippen LogP contribution < -0.4 is 10.6 Å². The summed E-state index contributed by atoms with van der Waals surface area (Å²) in [5.74, 6) is 1.13. The molecule has 0 unspecified atom stereocenters. The van der Waals surface area contributed by atoms with Crippen LogP contribution in [0.4, 0.5) is 16.8 Å². The summed E-state index contributed by atoms with van der Waals surface area (Å²) in [6.45, 7) is 4.55. The highest BCUT2D eigenvalue weighted by Crippen LogP contribution is 2.36. The number of aromatic nitrogens is 3. The van der Waals surface area contributed by atoms with Crippen molar-refractivity contribution in [3.63, 3.8) is 0 Å². The van der Waals surface area contributed by atoms with Gasteiger partial charge in [0.1, 0.15) is 11.6 Å². The molecule has 4 N–H and O–H groups in total. The summed E-state index contributed by atoms with van der Waals surface area (Å²) in [7, 11) is -3.62. The third kappa shape index (κ3) is 5.04. The molecule has 0 bridgehead atoms. The SMILES string of the molecule is CC[C@@H]1C[C@@H](Nc2nc(Nc3ncc(CO)s3)cc3[nH]ccc23)C[C@H](CC)N1S(=O)(=O)N1CC(C#N)C1. The third-order valence-corrected chi connectivity index (χ3v) is 10.2. The molecule has 0 amide bonds. The van der Waals surface area contributed by atoms with Crippen molar-refractivity contribution in [3.05, 3.63) is 29.4 Å². The Balaban J connectivity index is 1.37. The number of aliphatic hydroxyl groups is 1. The number of nitriles is 1. The number of pyridine rings is 1. The molecule has 0 aromatic carbocycles. The van der Waals surface area contributed by atoms with Crippen LogP contribution in [0.25, 0.3) is 10.9 Å². The molecule has 0 saturated carbocycles. The minimum atomic E-state index is -3.62. The van der Waals surface area contributed by atoms with Gasteiger partial charge in [-0.3, -0.25) is 0 Å². The van der Waals surface area contributed by atoms with Gasteiger partial charge in [-0.05, 0) is 31.7 Å². The second-order valence-corrected chi connectivity index (χ2v) is 12.6. The molecule has 2 fully saturated rings. The lowest BCUT2D eigenvalue weighted by Crippen LogP contribution is -2.62. The van der Waals surface area contributed by atoms with Crippen LogP contribution in [0, 0.1) is 17.2 Å². The Labute approximate surface area is 220 Å². The number of aliphatic hydroxyl groups excluding tert-OH is 1. The number of nitrogens with one attached hydrogen (secondary N) is 3. The van der Waals surface area contributed by atoms with Gasteiger partial charge < -0.3 is 20.7 Å². The van der Waals surface area contributed by atoms with E-state index in [0.29, 0.717) is 36.6 Å². The monoisotopic (exact) mass is 544 g/mol. The predicted octanol–water partition coefficient (Wildman–Crippen LogP) is 3.39. The zero-order chi connectivity index (χ0) is 26.2. The van der Waals surface area contributed by atoms with E-state index in [4.69, 9.17) is 10.2 Å². The van der Waals surface area contributed by atoms with Crippen molar-refractivity contribution in [2.45, 2.75) is 64.3 Å². The van der Waals surface area contributed by atoms with Gasteiger partial charge in [-0.15, -0.1) is 0 Å². The minimum Gasteiger partial charge on any atom is -0.391 e. The molecule has 5 heterocycles. The highest BCUT2D eigenvalue weighted by Gasteiger charge is 2.47. The van der Waals surface area contributed by atoms with Crippen LogP contribution in [0.3, 0.4) is 0 Å². The molecule has 0 radical (unpaired) electrons. The molecule has 3 atom stereocenters. The van der Waals surface area contributed by atoms with Crippen molar-refractivity contribution in [3.8, 4) is 6.07 Å². The number of hydrogen-bond donors (Lipinski definition) is 4. The van der Waals surface area contributed by atoms with Crippen LogP contribution in [-0.2, 0) is 16.8 Å². The normalized spacial score (nSPS) is 23.6. The number of anilines is 3. The second kappa shape index (κ2) is 10.5. The van der Waals surface area contributed by atoms with Crippen molar-refractivity contribution >= 4 is 49.2 Å². The highest BCUT2D eigenvalue weighted by atomic mass is 32.2. The van der Waals surface area contributed by atoms with Crippen LogP contribution in [0.2, 0.25) is 0 Å².